The van der Waals surface area contributed by atoms with Gasteiger partial charge in [0.1, 0.15) is 17.2 Å². The van der Waals surface area contributed by atoms with E-state index in [1.54, 1.807) is 42.5 Å². The molecular weight excluding hydrogens is 338 g/mol. The fourth-order valence-electron chi connectivity index (χ4n) is 2.59. The predicted molar refractivity (Wildman–Crippen MR) is 95.0 cm³/mol. The van der Waals surface area contributed by atoms with E-state index in [4.69, 9.17) is 14.2 Å². The van der Waals surface area contributed by atoms with Gasteiger partial charge in [-0.3, -0.25) is 9.59 Å². The van der Waals surface area contributed by atoms with Gasteiger partial charge in [-0.25, -0.2) is 0 Å². The van der Waals surface area contributed by atoms with Gasteiger partial charge in [-0.2, -0.15) is 0 Å². The smallest absolute Gasteiger partial charge is 0.305 e. The summed E-state index contributed by atoms with van der Waals surface area (Å²) in [7, 11) is 4.46. The minimum Gasteiger partial charge on any atom is -0.497 e. The zero-order valence-corrected chi connectivity index (χ0v) is 14.8. The highest BCUT2D eigenvalue weighted by atomic mass is 16.5. The summed E-state index contributed by atoms with van der Waals surface area (Å²) >= 11 is 0. The molecule has 2 N–H and O–H groups in total. The molecule has 0 heterocycles. The molecule has 0 saturated carbocycles. The molecule has 0 saturated heterocycles. The van der Waals surface area contributed by atoms with E-state index in [1.165, 1.54) is 21.3 Å². The summed E-state index contributed by atoms with van der Waals surface area (Å²) in [5, 5.41) is 12.0. The van der Waals surface area contributed by atoms with E-state index in [0.29, 0.717) is 28.4 Å². The Balaban J connectivity index is 2.36. The molecule has 2 aromatic rings. The third-order valence-corrected chi connectivity index (χ3v) is 3.85. The highest BCUT2D eigenvalue weighted by Gasteiger charge is 2.23. The van der Waals surface area contributed by atoms with Crippen LogP contribution in [0.25, 0.3) is 0 Å². The number of carbonyl (C=O) groups is 2. The molecule has 0 spiro atoms. The van der Waals surface area contributed by atoms with Crippen LogP contribution in [0, 0.1) is 0 Å². The Hall–Kier alpha value is -3.22. The van der Waals surface area contributed by atoms with Gasteiger partial charge in [0.15, 0.2) is 0 Å². The summed E-state index contributed by atoms with van der Waals surface area (Å²) in [6, 6.07) is 10.9. The van der Waals surface area contributed by atoms with Crippen molar-refractivity contribution < 1.29 is 28.9 Å². The number of rotatable bonds is 8. The molecule has 1 atom stereocenters. The molecule has 1 amide bonds. The van der Waals surface area contributed by atoms with Gasteiger partial charge >= 0.3 is 5.97 Å². The van der Waals surface area contributed by atoms with Crippen molar-refractivity contribution >= 4 is 11.9 Å². The molecule has 0 radical (unpaired) electrons. The Morgan fingerprint density at radius 1 is 1.00 bits per heavy atom. The Labute approximate surface area is 151 Å². The van der Waals surface area contributed by atoms with Crippen molar-refractivity contribution in [3.05, 3.63) is 53.6 Å². The van der Waals surface area contributed by atoms with E-state index in [2.05, 4.69) is 5.32 Å². The number of hydrogen-bond acceptors (Lipinski definition) is 5. The van der Waals surface area contributed by atoms with Crippen molar-refractivity contribution in [1.29, 1.82) is 0 Å². The van der Waals surface area contributed by atoms with Crippen molar-refractivity contribution in [2.24, 2.45) is 0 Å². The van der Waals surface area contributed by atoms with Gasteiger partial charge in [0.2, 0.25) is 0 Å². The van der Waals surface area contributed by atoms with Crippen molar-refractivity contribution in [3.63, 3.8) is 0 Å². The van der Waals surface area contributed by atoms with Crippen LogP contribution in [0.3, 0.4) is 0 Å². The molecule has 2 aromatic carbocycles. The van der Waals surface area contributed by atoms with Crippen LogP contribution >= 0.6 is 0 Å². The standard InChI is InChI=1S/C19H21NO6/c1-24-12-8-9-13(17(10-12)26-3)15(11-18(21)22)20-19(23)14-6-4-5-7-16(14)25-2/h4-10,15H,11H2,1-3H3,(H,20,23)(H,21,22). The van der Waals surface area contributed by atoms with E-state index in [-0.39, 0.29) is 6.42 Å². The Morgan fingerprint density at radius 3 is 2.31 bits per heavy atom. The Morgan fingerprint density at radius 2 is 1.69 bits per heavy atom. The molecule has 1 unspecified atom stereocenters. The molecule has 138 valence electrons. The number of ether oxygens (including phenoxy) is 3. The normalized spacial score (nSPS) is 11.3. The lowest BCUT2D eigenvalue weighted by molar-refractivity contribution is -0.137. The topological polar surface area (TPSA) is 94.1 Å². The van der Waals surface area contributed by atoms with Crippen LogP contribution in [0.2, 0.25) is 0 Å². The second-order valence-electron chi connectivity index (χ2n) is 5.43. The summed E-state index contributed by atoms with van der Waals surface area (Å²) in [5.74, 6) is -0.0906. The number of methoxy groups -OCH3 is 3. The quantitative estimate of drug-likeness (QED) is 0.753. The average molecular weight is 359 g/mol. The SMILES string of the molecule is COc1ccc(C(CC(=O)O)NC(=O)c2ccccc2OC)c(OC)c1. The first-order chi connectivity index (χ1) is 12.5. The first-order valence-corrected chi connectivity index (χ1v) is 7.87. The van der Waals surface area contributed by atoms with Crippen LogP contribution in [0.4, 0.5) is 0 Å². The highest BCUT2D eigenvalue weighted by molar-refractivity contribution is 5.97. The largest absolute Gasteiger partial charge is 0.497 e. The molecule has 7 nitrogen and oxygen atoms in total. The molecule has 0 fully saturated rings. The van der Waals surface area contributed by atoms with E-state index >= 15 is 0 Å². The van der Waals surface area contributed by atoms with Crippen molar-refractivity contribution in [2.45, 2.75) is 12.5 Å². The molecule has 0 aliphatic carbocycles. The molecule has 7 heteroatoms. The lowest BCUT2D eigenvalue weighted by Gasteiger charge is -2.21. The lowest BCUT2D eigenvalue weighted by atomic mass is 10.0. The number of carboxylic acid groups (broad SMARTS) is 1. The van der Waals surface area contributed by atoms with Gasteiger partial charge in [-0.15, -0.1) is 0 Å². The van der Waals surface area contributed by atoms with Crippen molar-refractivity contribution in [3.8, 4) is 17.2 Å². The lowest BCUT2D eigenvalue weighted by Crippen LogP contribution is -2.30. The number of aliphatic carboxylic acids is 1. The monoisotopic (exact) mass is 359 g/mol. The fourth-order valence-corrected chi connectivity index (χ4v) is 2.59. The molecular formula is C19H21NO6. The van der Waals surface area contributed by atoms with Crippen LogP contribution < -0.4 is 19.5 Å². The van der Waals surface area contributed by atoms with Crippen LogP contribution in [-0.2, 0) is 4.79 Å². The molecule has 0 aromatic heterocycles. The third kappa shape index (κ3) is 4.44. The highest BCUT2D eigenvalue weighted by Crippen LogP contribution is 2.31. The van der Waals surface area contributed by atoms with E-state index < -0.39 is 17.9 Å². The van der Waals surface area contributed by atoms with Gasteiger partial charge in [0, 0.05) is 11.6 Å². The zero-order chi connectivity index (χ0) is 19.1. The predicted octanol–water partition coefficient (Wildman–Crippen LogP) is 2.66. The average Bonchev–Trinajstić information content (AvgIpc) is 2.66. The molecule has 0 bridgehead atoms. The number of amides is 1. The van der Waals surface area contributed by atoms with E-state index in [1.807, 2.05) is 0 Å². The number of nitrogens with one attached hydrogen (secondary N) is 1. The van der Waals surface area contributed by atoms with Gasteiger partial charge in [0.25, 0.3) is 5.91 Å². The Kier molecular flexibility index (Phi) is 6.43. The minimum absolute atomic E-state index is 0.302. The second-order valence-corrected chi connectivity index (χ2v) is 5.43. The molecule has 0 aliphatic heterocycles. The van der Waals surface area contributed by atoms with Crippen LogP contribution in [-0.4, -0.2) is 38.3 Å². The van der Waals surface area contributed by atoms with Crippen LogP contribution in [0.15, 0.2) is 42.5 Å². The number of benzene rings is 2. The van der Waals surface area contributed by atoms with E-state index in [0.717, 1.165) is 0 Å². The van der Waals surface area contributed by atoms with Crippen LogP contribution in [0.5, 0.6) is 17.2 Å². The Bertz CT molecular complexity index is 789. The van der Waals surface area contributed by atoms with Crippen LogP contribution in [0.1, 0.15) is 28.4 Å². The maximum atomic E-state index is 12.7. The first kappa shape index (κ1) is 19.1. The molecule has 2 rings (SSSR count). The summed E-state index contributed by atoms with van der Waals surface area (Å²) in [5.41, 5.74) is 0.858. The summed E-state index contributed by atoms with van der Waals surface area (Å²) in [6.07, 6.45) is -0.302. The molecule has 0 aliphatic rings. The maximum absolute atomic E-state index is 12.7. The summed E-state index contributed by atoms with van der Waals surface area (Å²) in [4.78, 5) is 24.0. The maximum Gasteiger partial charge on any atom is 0.305 e. The minimum atomic E-state index is -1.05. The van der Waals surface area contributed by atoms with E-state index in [9.17, 15) is 14.7 Å². The number of carbonyl (C=O) groups excluding carboxylic acids is 1. The number of carboxylic acids is 1. The van der Waals surface area contributed by atoms with Crippen molar-refractivity contribution in [2.75, 3.05) is 21.3 Å². The van der Waals surface area contributed by atoms with Gasteiger partial charge in [-0.1, -0.05) is 12.1 Å². The summed E-state index contributed by atoms with van der Waals surface area (Å²) < 4.78 is 15.7. The van der Waals surface area contributed by atoms with Gasteiger partial charge in [-0.05, 0) is 24.3 Å². The van der Waals surface area contributed by atoms with Gasteiger partial charge in [0.05, 0.1) is 39.4 Å². The number of hydrogen-bond donors (Lipinski definition) is 2. The summed E-state index contributed by atoms with van der Waals surface area (Å²) in [6.45, 7) is 0. The molecule has 26 heavy (non-hydrogen) atoms. The van der Waals surface area contributed by atoms with Crippen molar-refractivity contribution in [1.82, 2.24) is 5.32 Å². The number of para-hydroxylation sites is 1. The fraction of sp³-hybridized carbons (Fsp3) is 0.263. The van der Waals surface area contributed by atoms with Gasteiger partial charge < -0.3 is 24.6 Å². The third-order valence-electron chi connectivity index (χ3n) is 3.85. The second kappa shape index (κ2) is 8.75. The zero-order valence-electron chi connectivity index (χ0n) is 14.8. The first-order valence-electron chi connectivity index (χ1n) is 7.87.